The normalized spacial score (nSPS) is 23.0. The SMILES string of the molecule is CCNC(=NCCCN1CCCCC1C)NCCC1=CCOCC1. The highest BCUT2D eigenvalue weighted by Crippen LogP contribution is 2.16. The molecule has 0 bridgehead atoms. The van der Waals surface area contributed by atoms with Gasteiger partial charge in [0, 0.05) is 32.2 Å². The molecule has 0 amide bonds. The third-order valence-corrected chi connectivity index (χ3v) is 4.95. The van der Waals surface area contributed by atoms with Gasteiger partial charge in [-0.05, 0) is 52.5 Å². The molecule has 2 aliphatic rings. The number of hydrogen-bond acceptors (Lipinski definition) is 3. The standard InChI is InChI=1S/C19H36N4O/c1-3-20-19(22-12-8-18-9-15-24-16-10-18)21-11-6-14-23-13-5-4-7-17(23)2/h9,17H,3-8,10-16H2,1-2H3,(H2,20,21,22). The molecule has 2 N–H and O–H groups in total. The van der Waals surface area contributed by atoms with Gasteiger partial charge >= 0.3 is 0 Å². The van der Waals surface area contributed by atoms with Gasteiger partial charge in [-0.1, -0.05) is 18.1 Å². The molecular formula is C19H36N4O. The van der Waals surface area contributed by atoms with Crippen molar-refractivity contribution in [2.75, 3.05) is 45.9 Å². The Morgan fingerprint density at radius 2 is 2.29 bits per heavy atom. The van der Waals surface area contributed by atoms with Crippen molar-refractivity contribution in [3.8, 4) is 0 Å². The molecule has 1 fully saturated rings. The first-order valence-corrected chi connectivity index (χ1v) is 9.81. The van der Waals surface area contributed by atoms with Crippen LogP contribution >= 0.6 is 0 Å². The van der Waals surface area contributed by atoms with Crippen LogP contribution in [0.25, 0.3) is 0 Å². The summed E-state index contributed by atoms with van der Waals surface area (Å²) < 4.78 is 5.35. The highest BCUT2D eigenvalue weighted by molar-refractivity contribution is 5.79. The number of rotatable bonds is 8. The summed E-state index contributed by atoms with van der Waals surface area (Å²) in [5, 5.41) is 6.81. The Morgan fingerprint density at radius 1 is 1.38 bits per heavy atom. The van der Waals surface area contributed by atoms with Gasteiger partial charge in [-0.25, -0.2) is 0 Å². The molecule has 0 saturated carbocycles. The largest absolute Gasteiger partial charge is 0.377 e. The summed E-state index contributed by atoms with van der Waals surface area (Å²) in [7, 11) is 0. The molecule has 5 nitrogen and oxygen atoms in total. The zero-order chi connectivity index (χ0) is 17.0. The fourth-order valence-corrected chi connectivity index (χ4v) is 3.43. The zero-order valence-corrected chi connectivity index (χ0v) is 15.6. The van der Waals surface area contributed by atoms with E-state index in [1.54, 1.807) is 0 Å². The second-order valence-electron chi connectivity index (χ2n) is 6.86. The maximum absolute atomic E-state index is 5.35. The van der Waals surface area contributed by atoms with Crippen molar-refractivity contribution in [2.24, 2.45) is 4.99 Å². The third kappa shape index (κ3) is 7.22. The summed E-state index contributed by atoms with van der Waals surface area (Å²) in [5.74, 6) is 0.955. The molecule has 2 aliphatic heterocycles. The van der Waals surface area contributed by atoms with Crippen molar-refractivity contribution >= 4 is 5.96 Å². The summed E-state index contributed by atoms with van der Waals surface area (Å²) in [5.41, 5.74) is 1.50. The second-order valence-corrected chi connectivity index (χ2v) is 6.86. The van der Waals surface area contributed by atoms with Crippen LogP contribution < -0.4 is 10.6 Å². The van der Waals surface area contributed by atoms with Gasteiger partial charge in [0.15, 0.2) is 5.96 Å². The highest BCUT2D eigenvalue weighted by atomic mass is 16.5. The van der Waals surface area contributed by atoms with E-state index in [-0.39, 0.29) is 0 Å². The van der Waals surface area contributed by atoms with Gasteiger partial charge in [-0.15, -0.1) is 0 Å². The van der Waals surface area contributed by atoms with E-state index in [1.165, 1.54) is 37.9 Å². The van der Waals surface area contributed by atoms with E-state index in [0.717, 1.165) is 64.1 Å². The number of piperidine rings is 1. The van der Waals surface area contributed by atoms with Crippen LogP contribution in [0.15, 0.2) is 16.6 Å². The highest BCUT2D eigenvalue weighted by Gasteiger charge is 2.16. The molecule has 0 spiro atoms. The Bertz CT molecular complexity index is 408. The molecule has 1 atom stereocenters. The summed E-state index contributed by atoms with van der Waals surface area (Å²) in [6.45, 7) is 11.3. The molecule has 0 aromatic heterocycles. The van der Waals surface area contributed by atoms with Gasteiger partial charge < -0.3 is 20.3 Å². The smallest absolute Gasteiger partial charge is 0.191 e. The Labute approximate surface area is 147 Å². The Morgan fingerprint density at radius 3 is 3.04 bits per heavy atom. The molecule has 5 heteroatoms. The minimum Gasteiger partial charge on any atom is -0.377 e. The van der Waals surface area contributed by atoms with Crippen LogP contribution in [0, 0.1) is 0 Å². The average molecular weight is 337 g/mol. The van der Waals surface area contributed by atoms with Gasteiger partial charge in [0.05, 0.1) is 13.2 Å². The zero-order valence-electron chi connectivity index (χ0n) is 15.6. The van der Waals surface area contributed by atoms with Crippen molar-refractivity contribution in [3.63, 3.8) is 0 Å². The topological polar surface area (TPSA) is 48.9 Å². The van der Waals surface area contributed by atoms with Gasteiger partial charge in [0.1, 0.15) is 0 Å². The first-order chi connectivity index (χ1) is 11.8. The lowest BCUT2D eigenvalue weighted by molar-refractivity contribution is 0.153. The maximum atomic E-state index is 5.35. The third-order valence-electron chi connectivity index (χ3n) is 4.95. The van der Waals surface area contributed by atoms with Crippen molar-refractivity contribution in [2.45, 2.75) is 58.4 Å². The van der Waals surface area contributed by atoms with E-state index in [4.69, 9.17) is 9.73 Å². The number of ether oxygens (including phenoxy) is 1. The summed E-state index contributed by atoms with van der Waals surface area (Å²) in [6, 6.07) is 0.752. The Kier molecular flexibility index (Phi) is 9.21. The summed E-state index contributed by atoms with van der Waals surface area (Å²) >= 11 is 0. The molecule has 2 heterocycles. The van der Waals surface area contributed by atoms with Gasteiger partial charge in [0.2, 0.25) is 0 Å². The van der Waals surface area contributed by atoms with Gasteiger partial charge in [0.25, 0.3) is 0 Å². The van der Waals surface area contributed by atoms with Crippen molar-refractivity contribution in [1.82, 2.24) is 15.5 Å². The maximum Gasteiger partial charge on any atom is 0.191 e. The lowest BCUT2D eigenvalue weighted by atomic mass is 10.0. The van der Waals surface area contributed by atoms with Crippen molar-refractivity contribution < 1.29 is 4.74 Å². The fourth-order valence-electron chi connectivity index (χ4n) is 3.43. The first kappa shape index (κ1) is 19.3. The van der Waals surface area contributed by atoms with E-state index in [0.29, 0.717) is 0 Å². The van der Waals surface area contributed by atoms with E-state index < -0.39 is 0 Å². The molecular weight excluding hydrogens is 300 g/mol. The molecule has 24 heavy (non-hydrogen) atoms. The van der Waals surface area contributed by atoms with Crippen LogP contribution in [0.2, 0.25) is 0 Å². The van der Waals surface area contributed by atoms with Crippen LogP contribution in [0.1, 0.15) is 52.4 Å². The number of nitrogens with zero attached hydrogens (tertiary/aromatic N) is 2. The molecule has 1 saturated heterocycles. The van der Waals surface area contributed by atoms with E-state index in [9.17, 15) is 0 Å². The number of guanidine groups is 1. The monoisotopic (exact) mass is 336 g/mol. The summed E-state index contributed by atoms with van der Waals surface area (Å²) in [4.78, 5) is 7.35. The fraction of sp³-hybridized carbons (Fsp3) is 0.842. The van der Waals surface area contributed by atoms with Crippen LogP contribution in [-0.4, -0.2) is 62.8 Å². The number of nitrogens with one attached hydrogen (secondary N) is 2. The summed E-state index contributed by atoms with van der Waals surface area (Å²) in [6.07, 6.45) is 9.63. The van der Waals surface area contributed by atoms with Crippen LogP contribution in [0.3, 0.4) is 0 Å². The predicted octanol–water partition coefficient (Wildman–Crippen LogP) is 2.54. The first-order valence-electron chi connectivity index (χ1n) is 9.81. The Hall–Kier alpha value is -1.07. The molecule has 2 rings (SSSR count). The Balaban J connectivity index is 1.64. The number of aliphatic imine (C=N–C) groups is 1. The molecule has 1 unspecified atom stereocenters. The van der Waals surface area contributed by atoms with Crippen LogP contribution in [-0.2, 0) is 4.74 Å². The lowest BCUT2D eigenvalue weighted by Crippen LogP contribution is -2.39. The van der Waals surface area contributed by atoms with Crippen LogP contribution in [0.4, 0.5) is 0 Å². The minimum absolute atomic E-state index is 0.752. The van der Waals surface area contributed by atoms with Gasteiger partial charge in [-0.2, -0.15) is 0 Å². The van der Waals surface area contributed by atoms with Crippen molar-refractivity contribution in [1.29, 1.82) is 0 Å². The molecule has 0 aromatic rings. The molecule has 0 aliphatic carbocycles. The lowest BCUT2D eigenvalue weighted by Gasteiger charge is -2.33. The van der Waals surface area contributed by atoms with E-state index in [2.05, 4.69) is 35.5 Å². The average Bonchev–Trinajstić information content (AvgIpc) is 2.61. The molecule has 0 aromatic carbocycles. The number of likely N-dealkylation sites (tertiary alicyclic amines) is 1. The van der Waals surface area contributed by atoms with Crippen LogP contribution in [0.5, 0.6) is 0 Å². The quantitative estimate of drug-likeness (QED) is 0.309. The molecule has 0 radical (unpaired) electrons. The van der Waals surface area contributed by atoms with Gasteiger partial charge in [-0.3, -0.25) is 4.99 Å². The van der Waals surface area contributed by atoms with E-state index in [1.807, 2.05) is 0 Å². The van der Waals surface area contributed by atoms with Crippen molar-refractivity contribution in [3.05, 3.63) is 11.6 Å². The molecule has 138 valence electrons. The minimum atomic E-state index is 0.752. The number of hydrogen-bond donors (Lipinski definition) is 2. The predicted molar refractivity (Wildman–Crippen MR) is 102 cm³/mol. The second kappa shape index (κ2) is 11.5. The van der Waals surface area contributed by atoms with E-state index >= 15 is 0 Å².